The van der Waals surface area contributed by atoms with Gasteiger partial charge < -0.3 is 4.74 Å². The normalized spacial score (nSPS) is 13.5. The zero-order valence-corrected chi connectivity index (χ0v) is 12.1. The Labute approximate surface area is 113 Å². The van der Waals surface area contributed by atoms with Gasteiger partial charge in [0.1, 0.15) is 0 Å². The summed E-state index contributed by atoms with van der Waals surface area (Å²) in [6, 6.07) is 6.55. The van der Waals surface area contributed by atoms with Gasteiger partial charge in [-0.15, -0.1) is 11.6 Å². The molecule has 1 unspecified atom stereocenters. The Morgan fingerprint density at radius 2 is 2.06 bits per heavy atom. The van der Waals surface area contributed by atoms with Crippen LogP contribution in [-0.4, -0.2) is 34.1 Å². The van der Waals surface area contributed by atoms with Gasteiger partial charge in [0.05, 0.1) is 11.5 Å². The van der Waals surface area contributed by atoms with E-state index in [4.69, 9.17) is 16.3 Å². The molecule has 0 aliphatic heterocycles. The third-order valence-corrected chi connectivity index (χ3v) is 4.43. The molecule has 0 aliphatic rings. The molecule has 0 radical (unpaired) electrons. The SMILES string of the molecule is COCC(CCCl)NS(=O)(=O)c1ccccc1C. The van der Waals surface area contributed by atoms with Crippen LogP contribution in [-0.2, 0) is 14.8 Å². The minimum Gasteiger partial charge on any atom is -0.383 e. The van der Waals surface area contributed by atoms with Crippen LogP contribution in [0.3, 0.4) is 0 Å². The van der Waals surface area contributed by atoms with Gasteiger partial charge in [0.2, 0.25) is 10.0 Å². The first-order valence-corrected chi connectivity index (χ1v) is 7.66. The van der Waals surface area contributed by atoms with E-state index in [0.29, 0.717) is 29.4 Å². The number of nitrogens with one attached hydrogen (secondary N) is 1. The van der Waals surface area contributed by atoms with E-state index in [2.05, 4.69) is 4.72 Å². The molecule has 6 heteroatoms. The fraction of sp³-hybridized carbons (Fsp3) is 0.500. The molecule has 0 bridgehead atoms. The summed E-state index contributed by atoms with van der Waals surface area (Å²) in [5.41, 5.74) is 0.715. The highest BCUT2D eigenvalue weighted by molar-refractivity contribution is 7.89. The lowest BCUT2D eigenvalue weighted by Crippen LogP contribution is -2.38. The van der Waals surface area contributed by atoms with Crippen LogP contribution < -0.4 is 4.72 Å². The van der Waals surface area contributed by atoms with Crippen molar-refractivity contribution in [2.45, 2.75) is 24.3 Å². The lowest BCUT2D eigenvalue weighted by Gasteiger charge is -2.17. The number of halogens is 1. The molecule has 0 amide bonds. The van der Waals surface area contributed by atoms with Crippen molar-refractivity contribution in [3.63, 3.8) is 0 Å². The Morgan fingerprint density at radius 3 is 2.61 bits per heavy atom. The monoisotopic (exact) mass is 291 g/mol. The average molecular weight is 292 g/mol. The molecule has 4 nitrogen and oxygen atoms in total. The van der Waals surface area contributed by atoms with Crippen LogP contribution in [0.1, 0.15) is 12.0 Å². The highest BCUT2D eigenvalue weighted by Gasteiger charge is 2.21. The molecule has 1 aromatic carbocycles. The summed E-state index contributed by atoms with van der Waals surface area (Å²) in [5.74, 6) is 0.379. The average Bonchev–Trinajstić information content (AvgIpc) is 2.29. The third kappa shape index (κ3) is 4.24. The van der Waals surface area contributed by atoms with Gasteiger partial charge in [0, 0.05) is 19.0 Å². The van der Waals surface area contributed by atoms with Gasteiger partial charge in [0.25, 0.3) is 0 Å². The molecule has 1 rings (SSSR count). The Hall–Kier alpha value is -0.620. The van der Waals surface area contributed by atoms with Crippen LogP contribution >= 0.6 is 11.6 Å². The van der Waals surface area contributed by atoms with Gasteiger partial charge in [-0.05, 0) is 25.0 Å². The number of aryl methyl sites for hydroxylation is 1. The molecule has 1 atom stereocenters. The van der Waals surface area contributed by atoms with Crippen molar-refractivity contribution in [1.82, 2.24) is 4.72 Å². The van der Waals surface area contributed by atoms with E-state index in [0.717, 1.165) is 0 Å². The fourth-order valence-corrected chi connectivity index (χ4v) is 3.41. The summed E-state index contributed by atoms with van der Waals surface area (Å²) < 4.78 is 32.0. The number of methoxy groups -OCH3 is 1. The highest BCUT2D eigenvalue weighted by atomic mass is 35.5. The molecular weight excluding hydrogens is 274 g/mol. The van der Waals surface area contributed by atoms with Crippen LogP contribution in [0.15, 0.2) is 29.2 Å². The van der Waals surface area contributed by atoms with Crippen molar-refractivity contribution in [2.24, 2.45) is 0 Å². The molecule has 0 spiro atoms. The largest absolute Gasteiger partial charge is 0.383 e. The van der Waals surface area contributed by atoms with E-state index in [1.54, 1.807) is 31.2 Å². The van der Waals surface area contributed by atoms with Gasteiger partial charge in [-0.2, -0.15) is 0 Å². The van der Waals surface area contributed by atoms with E-state index in [1.807, 2.05) is 0 Å². The standard InChI is InChI=1S/C12H18ClNO3S/c1-10-5-3-4-6-12(10)18(15,16)14-11(7-8-13)9-17-2/h3-6,11,14H,7-9H2,1-2H3. The zero-order chi connectivity index (χ0) is 13.6. The van der Waals surface area contributed by atoms with Crippen LogP contribution in [0.5, 0.6) is 0 Å². The third-order valence-electron chi connectivity index (χ3n) is 2.53. The lowest BCUT2D eigenvalue weighted by molar-refractivity contribution is 0.173. The van der Waals surface area contributed by atoms with Crippen molar-refractivity contribution >= 4 is 21.6 Å². The van der Waals surface area contributed by atoms with Crippen LogP contribution in [0.2, 0.25) is 0 Å². The summed E-state index contributed by atoms with van der Waals surface area (Å²) in [6.07, 6.45) is 0.528. The second kappa shape index (κ2) is 7.09. The van der Waals surface area contributed by atoms with Gasteiger partial charge in [-0.25, -0.2) is 13.1 Å². The number of alkyl halides is 1. The molecule has 0 saturated heterocycles. The number of hydrogen-bond donors (Lipinski definition) is 1. The molecule has 0 aromatic heterocycles. The second-order valence-electron chi connectivity index (χ2n) is 4.02. The summed E-state index contributed by atoms with van der Waals surface area (Å²) >= 11 is 5.65. The number of sulfonamides is 1. The molecule has 102 valence electrons. The van der Waals surface area contributed by atoms with Crippen molar-refractivity contribution in [3.05, 3.63) is 29.8 Å². The highest BCUT2D eigenvalue weighted by Crippen LogP contribution is 2.14. The summed E-state index contributed by atoms with van der Waals surface area (Å²) in [7, 11) is -1.99. The van der Waals surface area contributed by atoms with E-state index in [9.17, 15) is 8.42 Å². The smallest absolute Gasteiger partial charge is 0.241 e. The summed E-state index contributed by atoms with van der Waals surface area (Å²) in [6.45, 7) is 2.07. The van der Waals surface area contributed by atoms with Gasteiger partial charge in [-0.3, -0.25) is 0 Å². The number of benzene rings is 1. The maximum atomic E-state index is 12.2. The Morgan fingerprint density at radius 1 is 1.39 bits per heavy atom. The van der Waals surface area contributed by atoms with E-state index >= 15 is 0 Å². The zero-order valence-electron chi connectivity index (χ0n) is 10.5. The molecule has 1 aromatic rings. The van der Waals surface area contributed by atoms with Crippen LogP contribution in [0.4, 0.5) is 0 Å². The van der Waals surface area contributed by atoms with E-state index in [1.165, 1.54) is 7.11 Å². The maximum Gasteiger partial charge on any atom is 0.241 e. The molecular formula is C12H18ClNO3S. The molecule has 1 N–H and O–H groups in total. The minimum atomic E-state index is -3.52. The first-order valence-electron chi connectivity index (χ1n) is 5.64. The topological polar surface area (TPSA) is 55.4 Å². The van der Waals surface area contributed by atoms with Crippen LogP contribution in [0.25, 0.3) is 0 Å². The quantitative estimate of drug-likeness (QED) is 0.781. The minimum absolute atomic E-state index is 0.292. The van der Waals surface area contributed by atoms with Crippen molar-refractivity contribution in [2.75, 3.05) is 19.6 Å². The number of ether oxygens (including phenoxy) is 1. The van der Waals surface area contributed by atoms with Gasteiger partial charge in [-0.1, -0.05) is 18.2 Å². The van der Waals surface area contributed by atoms with Crippen molar-refractivity contribution in [3.8, 4) is 0 Å². The van der Waals surface area contributed by atoms with E-state index < -0.39 is 10.0 Å². The van der Waals surface area contributed by atoms with Crippen molar-refractivity contribution < 1.29 is 13.2 Å². The second-order valence-corrected chi connectivity index (χ2v) is 6.08. The molecule has 0 aliphatic carbocycles. The first-order chi connectivity index (χ1) is 8.51. The maximum absolute atomic E-state index is 12.2. The predicted octanol–water partition coefficient (Wildman–Crippen LogP) is 1.92. The van der Waals surface area contributed by atoms with Crippen LogP contribution in [0, 0.1) is 6.92 Å². The Bertz CT molecular complexity index is 470. The lowest BCUT2D eigenvalue weighted by atomic mass is 10.2. The molecule has 0 fully saturated rings. The first kappa shape index (κ1) is 15.4. The summed E-state index contributed by atoms with van der Waals surface area (Å²) in [5, 5.41) is 0. The fourth-order valence-electron chi connectivity index (χ4n) is 1.65. The molecule has 18 heavy (non-hydrogen) atoms. The molecule has 0 saturated carbocycles. The van der Waals surface area contributed by atoms with Gasteiger partial charge in [0.15, 0.2) is 0 Å². The van der Waals surface area contributed by atoms with Gasteiger partial charge >= 0.3 is 0 Å². The van der Waals surface area contributed by atoms with E-state index in [-0.39, 0.29) is 6.04 Å². The predicted molar refractivity (Wildman–Crippen MR) is 72.5 cm³/mol. The number of hydrogen-bond acceptors (Lipinski definition) is 3. The number of rotatable bonds is 7. The Balaban J connectivity index is 2.90. The molecule has 0 heterocycles. The summed E-state index contributed by atoms with van der Waals surface area (Å²) in [4.78, 5) is 0.292. The van der Waals surface area contributed by atoms with Crippen molar-refractivity contribution in [1.29, 1.82) is 0 Å². The Kier molecular flexibility index (Phi) is 6.08.